The Kier molecular flexibility index (Phi) is 6.66. The highest BCUT2D eigenvalue weighted by atomic mass is 16.2. The van der Waals surface area contributed by atoms with Crippen molar-refractivity contribution in [1.82, 2.24) is 10.2 Å². The van der Waals surface area contributed by atoms with E-state index in [9.17, 15) is 9.59 Å². The summed E-state index contributed by atoms with van der Waals surface area (Å²) in [4.78, 5) is 23.7. The zero-order valence-electron chi connectivity index (χ0n) is 9.04. The maximum atomic E-state index is 10.9. The Morgan fingerprint density at radius 1 is 1.43 bits per heavy atom. The summed E-state index contributed by atoms with van der Waals surface area (Å²) in [6, 6.07) is 0. The first-order valence-corrected chi connectivity index (χ1v) is 4.68. The van der Waals surface area contributed by atoms with Crippen LogP contribution < -0.4 is 5.32 Å². The molecular weight excluding hydrogens is 180 g/mol. The second kappa shape index (κ2) is 7.26. The van der Waals surface area contributed by atoms with E-state index in [4.69, 9.17) is 0 Å². The molecule has 4 heteroatoms. The summed E-state index contributed by atoms with van der Waals surface area (Å²) < 4.78 is 0. The molecule has 0 heterocycles. The number of allylic oxidation sites excluding steroid dienone is 1. The first kappa shape index (κ1) is 12.8. The molecule has 0 saturated carbocycles. The number of nitrogens with zero attached hydrogens (tertiary/aromatic N) is 1. The molecule has 0 aliphatic heterocycles. The van der Waals surface area contributed by atoms with Crippen LogP contribution >= 0.6 is 0 Å². The summed E-state index contributed by atoms with van der Waals surface area (Å²) in [5.74, 6) is 0.0843. The van der Waals surface area contributed by atoms with Crippen molar-refractivity contribution in [2.75, 3.05) is 27.2 Å². The van der Waals surface area contributed by atoms with Crippen LogP contribution in [0.3, 0.4) is 0 Å². The smallest absolute Gasteiger partial charge is 0.233 e. The van der Waals surface area contributed by atoms with Crippen molar-refractivity contribution in [2.24, 2.45) is 0 Å². The lowest BCUT2D eigenvalue weighted by molar-refractivity contribution is -0.121. The quantitative estimate of drug-likeness (QED) is 0.620. The first-order valence-electron chi connectivity index (χ1n) is 4.68. The number of amides is 1. The molecule has 0 aliphatic carbocycles. The van der Waals surface area contributed by atoms with Crippen LogP contribution in [0.2, 0.25) is 0 Å². The number of hydrogen-bond acceptors (Lipinski definition) is 3. The second-order valence-corrected chi connectivity index (χ2v) is 3.09. The third kappa shape index (κ3) is 6.37. The molecule has 0 aromatic carbocycles. The van der Waals surface area contributed by atoms with E-state index in [0.29, 0.717) is 19.5 Å². The van der Waals surface area contributed by atoms with Gasteiger partial charge in [0.1, 0.15) is 0 Å². The molecule has 0 unspecified atom stereocenters. The van der Waals surface area contributed by atoms with Gasteiger partial charge in [0.05, 0.1) is 6.54 Å². The first-order chi connectivity index (χ1) is 6.60. The molecule has 0 radical (unpaired) electrons. The molecule has 0 bridgehead atoms. The molecule has 1 N–H and O–H groups in total. The lowest BCUT2D eigenvalue weighted by Crippen LogP contribution is -2.33. The highest BCUT2D eigenvalue weighted by Gasteiger charge is 2.01. The summed E-state index contributed by atoms with van der Waals surface area (Å²) in [7, 11) is 3.43. The van der Waals surface area contributed by atoms with Gasteiger partial charge >= 0.3 is 0 Å². The van der Waals surface area contributed by atoms with E-state index < -0.39 is 0 Å². The van der Waals surface area contributed by atoms with Crippen molar-refractivity contribution in [3.63, 3.8) is 0 Å². The predicted molar refractivity (Wildman–Crippen MR) is 56.0 cm³/mol. The predicted octanol–water partition coefficient (Wildman–Crippen LogP) is 0.199. The molecular formula is C10H18N2O2. The van der Waals surface area contributed by atoms with E-state index in [1.807, 2.05) is 18.9 Å². The SMILES string of the molecule is CCC(=O)/C=C/CN(C)CC(=O)NC. The van der Waals surface area contributed by atoms with E-state index in [1.54, 1.807) is 19.2 Å². The number of likely N-dealkylation sites (N-methyl/N-ethyl adjacent to an activating group) is 2. The van der Waals surface area contributed by atoms with Gasteiger partial charge in [-0.2, -0.15) is 0 Å². The van der Waals surface area contributed by atoms with Gasteiger partial charge in [0.25, 0.3) is 0 Å². The second-order valence-electron chi connectivity index (χ2n) is 3.09. The third-order valence-electron chi connectivity index (χ3n) is 1.76. The van der Waals surface area contributed by atoms with Crippen molar-refractivity contribution >= 4 is 11.7 Å². The Balaban J connectivity index is 3.73. The number of carbonyl (C=O) groups excluding carboxylic acids is 2. The molecule has 0 aliphatic rings. The van der Waals surface area contributed by atoms with E-state index >= 15 is 0 Å². The minimum Gasteiger partial charge on any atom is -0.358 e. The summed E-state index contributed by atoms with van der Waals surface area (Å²) in [6.45, 7) is 2.78. The van der Waals surface area contributed by atoms with Gasteiger partial charge in [0.15, 0.2) is 5.78 Å². The standard InChI is InChI=1S/C10H18N2O2/c1-4-9(13)6-5-7-12(3)8-10(14)11-2/h5-6H,4,7-8H2,1-3H3,(H,11,14)/b6-5+. The minimum absolute atomic E-state index is 0.0253. The van der Waals surface area contributed by atoms with Crippen LogP contribution in [0.1, 0.15) is 13.3 Å². The van der Waals surface area contributed by atoms with Gasteiger partial charge in [-0.15, -0.1) is 0 Å². The largest absolute Gasteiger partial charge is 0.358 e. The number of ketones is 1. The molecule has 4 nitrogen and oxygen atoms in total. The Labute approximate surface area is 85.0 Å². The van der Waals surface area contributed by atoms with Gasteiger partial charge in [0, 0.05) is 20.0 Å². The number of rotatable bonds is 6. The lowest BCUT2D eigenvalue weighted by Gasteiger charge is -2.12. The lowest BCUT2D eigenvalue weighted by atomic mass is 10.3. The minimum atomic E-state index is -0.0253. The van der Waals surface area contributed by atoms with Crippen LogP contribution in [0.25, 0.3) is 0 Å². The van der Waals surface area contributed by atoms with Crippen LogP contribution in [0.4, 0.5) is 0 Å². The number of carbonyl (C=O) groups is 2. The van der Waals surface area contributed by atoms with Crippen LogP contribution in [-0.2, 0) is 9.59 Å². The molecule has 1 amide bonds. The van der Waals surface area contributed by atoms with Crippen molar-refractivity contribution in [3.05, 3.63) is 12.2 Å². The zero-order valence-corrected chi connectivity index (χ0v) is 9.04. The zero-order chi connectivity index (χ0) is 11.0. The van der Waals surface area contributed by atoms with Crippen molar-refractivity contribution < 1.29 is 9.59 Å². The number of nitrogens with one attached hydrogen (secondary N) is 1. The van der Waals surface area contributed by atoms with Crippen molar-refractivity contribution in [3.8, 4) is 0 Å². The fourth-order valence-electron chi connectivity index (χ4n) is 0.871. The summed E-state index contributed by atoms with van der Waals surface area (Å²) in [6.07, 6.45) is 3.85. The highest BCUT2D eigenvalue weighted by Crippen LogP contribution is 1.87. The van der Waals surface area contributed by atoms with Gasteiger partial charge < -0.3 is 5.32 Å². The fraction of sp³-hybridized carbons (Fsp3) is 0.600. The van der Waals surface area contributed by atoms with Crippen LogP contribution in [0.15, 0.2) is 12.2 Å². The van der Waals surface area contributed by atoms with Gasteiger partial charge in [-0.3, -0.25) is 14.5 Å². The van der Waals surface area contributed by atoms with Gasteiger partial charge in [-0.05, 0) is 13.1 Å². The average Bonchev–Trinajstić information content (AvgIpc) is 2.17. The third-order valence-corrected chi connectivity index (χ3v) is 1.76. The summed E-state index contributed by atoms with van der Waals surface area (Å²) in [5, 5.41) is 2.53. The molecule has 0 rings (SSSR count). The Morgan fingerprint density at radius 2 is 2.07 bits per heavy atom. The molecule has 0 fully saturated rings. The van der Waals surface area contributed by atoms with E-state index in [-0.39, 0.29) is 11.7 Å². The van der Waals surface area contributed by atoms with Gasteiger partial charge in [-0.1, -0.05) is 13.0 Å². The molecule has 80 valence electrons. The van der Waals surface area contributed by atoms with E-state index in [2.05, 4.69) is 5.32 Å². The van der Waals surface area contributed by atoms with Crippen LogP contribution in [0.5, 0.6) is 0 Å². The van der Waals surface area contributed by atoms with Gasteiger partial charge in [-0.25, -0.2) is 0 Å². The monoisotopic (exact) mass is 198 g/mol. The van der Waals surface area contributed by atoms with E-state index in [1.165, 1.54) is 0 Å². The highest BCUT2D eigenvalue weighted by molar-refractivity contribution is 5.89. The maximum absolute atomic E-state index is 10.9. The summed E-state index contributed by atoms with van der Waals surface area (Å²) in [5.41, 5.74) is 0. The maximum Gasteiger partial charge on any atom is 0.233 e. The number of hydrogen-bond donors (Lipinski definition) is 1. The Bertz CT molecular complexity index is 224. The van der Waals surface area contributed by atoms with Crippen LogP contribution in [0, 0.1) is 0 Å². The fourth-order valence-corrected chi connectivity index (χ4v) is 0.871. The molecule has 0 spiro atoms. The van der Waals surface area contributed by atoms with Crippen LogP contribution in [-0.4, -0.2) is 43.8 Å². The molecule has 0 aromatic heterocycles. The Hall–Kier alpha value is -1.16. The molecule has 0 atom stereocenters. The Morgan fingerprint density at radius 3 is 2.57 bits per heavy atom. The molecule has 14 heavy (non-hydrogen) atoms. The topological polar surface area (TPSA) is 49.4 Å². The van der Waals surface area contributed by atoms with Crippen molar-refractivity contribution in [1.29, 1.82) is 0 Å². The van der Waals surface area contributed by atoms with E-state index in [0.717, 1.165) is 0 Å². The molecule has 0 aromatic rings. The van der Waals surface area contributed by atoms with Crippen molar-refractivity contribution in [2.45, 2.75) is 13.3 Å². The van der Waals surface area contributed by atoms with Gasteiger partial charge in [0.2, 0.25) is 5.91 Å². The molecule has 0 saturated heterocycles. The normalized spacial score (nSPS) is 10.9. The average molecular weight is 198 g/mol. The summed E-state index contributed by atoms with van der Waals surface area (Å²) >= 11 is 0.